The normalized spacial score (nSPS) is 12.5. The molecule has 1 aliphatic heterocycles. The Bertz CT molecular complexity index is 631. The van der Waals surface area contributed by atoms with E-state index >= 15 is 0 Å². The molecule has 0 aliphatic carbocycles. The molecule has 1 aliphatic rings. The number of hydrogen-bond donors (Lipinski definition) is 1. The van der Waals surface area contributed by atoms with Crippen molar-refractivity contribution < 1.29 is 18.6 Å². The number of ether oxygens (including phenoxy) is 3. The number of hydrogen-bond acceptors (Lipinski definition) is 4. The lowest BCUT2D eigenvalue weighted by Gasteiger charge is -2.11. The molecule has 4 nitrogen and oxygen atoms in total. The lowest BCUT2D eigenvalue weighted by Crippen LogP contribution is -2.03. The Morgan fingerprint density at radius 2 is 1.95 bits per heavy atom. The van der Waals surface area contributed by atoms with E-state index in [9.17, 15) is 4.39 Å². The molecule has 0 saturated heterocycles. The van der Waals surface area contributed by atoms with E-state index in [4.69, 9.17) is 19.9 Å². The SMILES string of the molecule is NCc1cc2c(cc1OCc1cccc(F)c1)OCO2. The zero-order valence-corrected chi connectivity index (χ0v) is 10.8. The van der Waals surface area contributed by atoms with Crippen molar-refractivity contribution in [1.29, 1.82) is 0 Å². The van der Waals surface area contributed by atoms with Gasteiger partial charge in [0, 0.05) is 18.2 Å². The third kappa shape index (κ3) is 2.53. The minimum atomic E-state index is -0.282. The molecule has 0 atom stereocenters. The van der Waals surface area contributed by atoms with Crippen LogP contribution in [0.2, 0.25) is 0 Å². The molecule has 0 spiro atoms. The highest BCUT2D eigenvalue weighted by atomic mass is 19.1. The zero-order chi connectivity index (χ0) is 13.9. The molecule has 5 heteroatoms. The number of rotatable bonds is 4. The van der Waals surface area contributed by atoms with Crippen LogP contribution in [0.1, 0.15) is 11.1 Å². The van der Waals surface area contributed by atoms with Gasteiger partial charge < -0.3 is 19.9 Å². The highest BCUT2D eigenvalue weighted by molar-refractivity contribution is 5.51. The quantitative estimate of drug-likeness (QED) is 0.931. The van der Waals surface area contributed by atoms with Crippen LogP contribution >= 0.6 is 0 Å². The van der Waals surface area contributed by atoms with Gasteiger partial charge in [-0.05, 0) is 23.8 Å². The summed E-state index contributed by atoms with van der Waals surface area (Å²) in [6.45, 7) is 0.798. The summed E-state index contributed by atoms with van der Waals surface area (Å²) in [6, 6.07) is 9.85. The molecule has 2 aromatic rings. The maximum Gasteiger partial charge on any atom is 0.231 e. The fourth-order valence-corrected chi connectivity index (χ4v) is 2.05. The summed E-state index contributed by atoms with van der Waals surface area (Å²) in [7, 11) is 0. The van der Waals surface area contributed by atoms with Crippen LogP contribution in [-0.2, 0) is 13.2 Å². The van der Waals surface area contributed by atoms with Gasteiger partial charge in [-0.15, -0.1) is 0 Å². The van der Waals surface area contributed by atoms with Crippen molar-refractivity contribution in [3.63, 3.8) is 0 Å². The largest absolute Gasteiger partial charge is 0.488 e. The van der Waals surface area contributed by atoms with Gasteiger partial charge in [0.25, 0.3) is 0 Å². The summed E-state index contributed by atoms with van der Waals surface area (Å²) < 4.78 is 29.4. The molecule has 0 radical (unpaired) electrons. The Morgan fingerprint density at radius 3 is 2.70 bits per heavy atom. The van der Waals surface area contributed by atoms with Gasteiger partial charge in [-0.1, -0.05) is 12.1 Å². The summed E-state index contributed by atoms with van der Waals surface area (Å²) in [5.41, 5.74) is 7.28. The Morgan fingerprint density at radius 1 is 1.15 bits per heavy atom. The van der Waals surface area contributed by atoms with E-state index in [2.05, 4.69) is 0 Å². The highest BCUT2D eigenvalue weighted by Gasteiger charge is 2.17. The van der Waals surface area contributed by atoms with Crippen LogP contribution < -0.4 is 19.9 Å². The molecule has 0 amide bonds. The third-order valence-corrected chi connectivity index (χ3v) is 3.06. The summed E-state index contributed by atoms with van der Waals surface area (Å²) in [5, 5.41) is 0. The standard InChI is InChI=1S/C15H14FNO3/c16-12-3-1-2-10(4-12)8-18-13-6-15-14(19-9-20-15)5-11(13)7-17/h1-6H,7-9,17H2. The summed E-state index contributed by atoms with van der Waals surface area (Å²) in [6.07, 6.45) is 0. The maximum atomic E-state index is 13.1. The van der Waals surface area contributed by atoms with E-state index in [1.807, 2.05) is 6.07 Å². The Kier molecular flexibility index (Phi) is 3.43. The fourth-order valence-electron chi connectivity index (χ4n) is 2.05. The van der Waals surface area contributed by atoms with Crippen LogP contribution in [0.3, 0.4) is 0 Å². The Balaban J connectivity index is 1.80. The minimum Gasteiger partial charge on any atom is -0.488 e. The molecule has 2 N–H and O–H groups in total. The maximum absolute atomic E-state index is 13.1. The number of benzene rings is 2. The lowest BCUT2D eigenvalue weighted by molar-refractivity contribution is 0.173. The molecule has 104 valence electrons. The van der Waals surface area contributed by atoms with Gasteiger partial charge in [-0.25, -0.2) is 4.39 Å². The molecule has 0 saturated carbocycles. The second-order valence-electron chi connectivity index (χ2n) is 4.44. The molecule has 0 fully saturated rings. The smallest absolute Gasteiger partial charge is 0.231 e. The predicted octanol–water partition coefficient (Wildman–Crippen LogP) is 2.59. The molecule has 0 bridgehead atoms. The molecular weight excluding hydrogens is 261 g/mol. The molecule has 0 aromatic heterocycles. The zero-order valence-electron chi connectivity index (χ0n) is 10.8. The van der Waals surface area contributed by atoms with Crippen LogP contribution in [0.5, 0.6) is 17.2 Å². The first-order valence-electron chi connectivity index (χ1n) is 6.26. The van der Waals surface area contributed by atoms with Crippen LogP contribution in [0.15, 0.2) is 36.4 Å². The minimum absolute atomic E-state index is 0.201. The van der Waals surface area contributed by atoms with Crippen molar-refractivity contribution in [3.05, 3.63) is 53.3 Å². The fraction of sp³-hybridized carbons (Fsp3) is 0.200. The van der Waals surface area contributed by atoms with Crippen molar-refractivity contribution in [3.8, 4) is 17.2 Å². The number of halogens is 1. The van der Waals surface area contributed by atoms with Crippen molar-refractivity contribution >= 4 is 0 Å². The number of fused-ring (bicyclic) bond motifs is 1. The van der Waals surface area contributed by atoms with Gasteiger partial charge in [-0.2, -0.15) is 0 Å². The van der Waals surface area contributed by atoms with E-state index < -0.39 is 0 Å². The van der Waals surface area contributed by atoms with Crippen molar-refractivity contribution in [2.45, 2.75) is 13.2 Å². The van der Waals surface area contributed by atoms with Gasteiger partial charge >= 0.3 is 0 Å². The van der Waals surface area contributed by atoms with Crippen LogP contribution in [-0.4, -0.2) is 6.79 Å². The molecule has 0 unspecified atom stereocenters. The average Bonchev–Trinajstić information content (AvgIpc) is 2.91. The Hall–Kier alpha value is -2.27. The van der Waals surface area contributed by atoms with Crippen LogP contribution in [0, 0.1) is 5.82 Å². The van der Waals surface area contributed by atoms with Crippen molar-refractivity contribution in [2.24, 2.45) is 5.73 Å². The van der Waals surface area contributed by atoms with E-state index in [1.165, 1.54) is 12.1 Å². The van der Waals surface area contributed by atoms with E-state index in [1.54, 1.807) is 18.2 Å². The molecule has 2 aromatic carbocycles. The van der Waals surface area contributed by atoms with Gasteiger partial charge in [0.2, 0.25) is 6.79 Å². The average molecular weight is 275 g/mol. The monoisotopic (exact) mass is 275 g/mol. The Labute approximate surface area is 115 Å². The third-order valence-electron chi connectivity index (χ3n) is 3.06. The lowest BCUT2D eigenvalue weighted by atomic mass is 10.1. The first-order valence-corrected chi connectivity index (χ1v) is 6.26. The van der Waals surface area contributed by atoms with Gasteiger partial charge in [0.05, 0.1) is 0 Å². The molecular formula is C15H14FNO3. The summed E-state index contributed by atoms with van der Waals surface area (Å²) in [4.78, 5) is 0. The van der Waals surface area contributed by atoms with Crippen LogP contribution in [0.25, 0.3) is 0 Å². The summed E-state index contributed by atoms with van der Waals surface area (Å²) in [5.74, 6) is 1.65. The van der Waals surface area contributed by atoms with E-state index in [0.717, 1.165) is 11.1 Å². The topological polar surface area (TPSA) is 53.7 Å². The van der Waals surface area contributed by atoms with Crippen molar-refractivity contribution in [1.82, 2.24) is 0 Å². The van der Waals surface area contributed by atoms with E-state index in [0.29, 0.717) is 23.8 Å². The highest BCUT2D eigenvalue weighted by Crippen LogP contribution is 2.38. The second-order valence-corrected chi connectivity index (χ2v) is 4.44. The van der Waals surface area contributed by atoms with Crippen molar-refractivity contribution in [2.75, 3.05) is 6.79 Å². The van der Waals surface area contributed by atoms with Gasteiger partial charge in [0.15, 0.2) is 11.5 Å². The summed E-state index contributed by atoms with van der Waals surface area (Å²) >= 11 is 0. The second kappa shape index (κ2) is 5.38. The van der Waals surface area contributed by atoms with Gasteiger partial charge in [-0.3, -0.25) is 0 Å². The van der Waals surface area contributed by atoms with Crippen LogP contribution in [0.4, 0.5) is 4.39 Å². The van der Waals surface area contributed by atoms with E-state index in [-0.39, 0.29) is 19.2 Å². The molecule has 20 heavy (non-hydrogen) atoms. The molecule has 3 rings (SSSR count). The first kappa shape index (κ1) is 12.7. The first-order chi connectivity index (χ1) is 9.76. The number of nitrogens with two attached hydrogens (primary N) is 1. The van der Waals surface area contributed by atoms with Gasteiger partial charge in [0.1, 0.15) is 18.2 Å². The molecule has 1 heterocycles. The predicted molar refractivity (Wildman–Crippen MR) is 71.2 cm³/mol.